The Balaban J connectivity index is 4.12. The fraction of sp³-hybridized carbons (Fsp3) is 0.909. The Bertz CT molecular complexity index is 183. The second-order valence-electron chi connectivity index (χ2n) is 3.91. The Labute approximate surface area is 92.2 Å². The van der Waals surface area contributed by atoms with Crippen LogP contribution in [0.1, 0.15) is 34.1 Å². The van der Waals surface area contributed by atoms with Gasteiger partial charge in [0, 0.05) is 18.6 Å². The van der Waals surface area contributed by atoms with Crippen LogP contribution in [0.3, 0.4) is 0 Å². The molecule has 0 aromatic heterocycles. The van der Waals surface area contributed by atoms with E-state index in [0.717, 1.165) is 0 Å². The molecule has 0 heterocycles. The number of hydrogen-bond acceptors (Lipinski definition) is 4. The zero-order chi connectivity index (χ0) is 11.8. The van der Waals surface area contributed by atoms with Gasteiger partial charge in [0.25, 0.3) is 0 Å². The van der Waals surface area contributed by atoms with Crippen molar-refractivity contribution in [2.24, 2.45) is 0 Å². The average molecular weight is 217 g/mol. The fourth-order valence-electron chi connectivity index (χ4n) is 1.68. The standard InChI is InChI=1S/C11H23NO3/c1-5-15-11(14)8-10(4)12(6-7-13)9(2)3/h9-10,13H,5-8H2,1-4H3. The molecule has 0 aromatic rings. The second-order valence-corrected chi connectivity index (χ2v) is 3.91. The lowest BCUT2D eigenvalue weighted by molar-refractivity contribution is -0.144. The number of rotatable bonds is 7. The minimum Gasteiger partial charge on any atom is -0.466 e. The van der Waals surface area contributed by atoms with Gasteiger partial charge in [-0.1, -0.05) is 0 Å². The van der Waals surface area contributed by atoms with E-state index in [0.29, 0.717) is 25.6 Å². The summed E-state index contributed by atoms with van der Waals surface area (Å²) in [6, 6.07) is 0.428. The zero-order valence-electron chi connectivity index (χ0n) is 10.2. The molecule has 0 spiro atoms. The smallest absolute Gasteiger partial charge is 0.307 e. The SMILES string of the molecule is CCOC(=O)CC(C)N(CCO)C(C)C. The van der Waals surface area contributed by atoms with E-state index < -0.39 is 0 Å². The molecule has 1 unspecified atom stereocenters. The molecule has 0 aliphatic heterocycles. The van der Waals surface area contributed by atoms with Gasteiger partial charge in [-0.25, -0.2) is 0 Å². The van der Waals surface area contributed by atoms with Crippen LogP contribution in [0.4, 0.5) is 0 Å². The van der Waals surface area contributed by atoms with E-state index >= 15 is 0 Å². The Morgan fingerprint density at radius 2 is 2.00 bits per heavy atom. The maximum absolute atomic E-state index is 11.3. The molecule has 0 saturated heterocycles. The molecule has 0 bridgehead atoms. The maximum atomic E-state index is 11.3. The van der Waals surface area contributed by atoms with E-state index in [-0.39, 0.29) is 18.6 Å². The lowest BCUT2D eigenvalue weighted by atomic mass is 10.1. The van der Waals surface area contributed by atoms with Gasteiger partial charge in [-0.3, -0.25) is 9.69 Å². The van der Waals surface area contributed by atoms with Crippen LogP contribution in [0.15, 0.2) is 0 Å². The molecule has 4 heteroatoms. The highest BCUT2D eigenvalue weighted by Gasteiger charge is 2.19. The molecule has 0 radical (unpaired) electrons. The molecule has 0 aromatic carbocycles. The number of hydrogen-bond donors (Lipinski definition) is 1. The summed E-state index contributed by atoms with van der Waals surface area (Å²) in [5.41, 5.74) is 0. The van der Waals surface area contributed by atoms with E-state index in [1.165, 1.54) is 0 Å². The van der Waals surface area contributed by atoms with Crippen molar-refractivity contribution in [1.29, 1.82) is 0 Å². The van der Waals surface area contributed by atoms with Crippen molar-refractivity contribution in [3.05, 3.63) is 0 Å². The number of aliphatic hydroxyl groups is 1. The van der Waals surface area contributed by atoms with Crippen molar-refractivity contribution < 1.29 is 14.6 Å². The van der Waals surface area contributed by atoms with Crippen molar-refractivity contribution in [1.82, 2.24) is 4.90 Å². The van der Waals surface area contributed by atoms with Gasteiger partial charge in [-0.15, -0.1) is 0 Å². The number of carbonyl (C=O) groups is 1. The minimum atomic E-state index is -0.173. The summed E-state index contributed by atoms with van der Waals surface area (Å²) in [6.07, 6.45) is 0.381. The van der Waals surface area contributed by atoms with Crippen molar-refractivity contribution in [2.75, 3.05) is 19.8 Å². The molecular weight excluding hydrogens is 194 g/mol. The molecule has 0 rings (SSSR count). The summed E-state index contributed by atoms with van der Waals surface area (Å²) in [6.45, 7) is 9.02. The van der Waals surface area contributed by atoms with Gasteiger partial charge in [0.15, 0.2) is 0 Å². The van der Waals surface area contributed by atoms with Gasteiger partial charge < -0.3 is 9.84 Å². The summed E-state index contributed by atoms with van der Waals surface area (Å²) in [5, 5.41) is 8.91. The van der Waals surface area contributed by atoms with Crippen molar-refractivity contribution in [3.8, 4) is 0 Å². The molecule has 1 N–H and O–H groups in total. The fourth-order valence-corrected chi connectivity index (χ4v) is 1.68. The van der Waals surface area contributed by atoms with Crippen molar-refractivity contribution in [2.45, 2.75) is 46.2 Å². The van der Waals surface area contributed by atoms with Crippen LogP contribution in [0.2, 0.25) is 0 Å². The third-order valence-electron chi connectivity index (χ3n) is 2.36. The van der Waals surface area contributed by atoms with E-state index in [1.54, 1.807) is 6.92 Å². The Morgan fingerprint density at radius 3 is 2.40 bits per heavy atom. The van der Waals surface area contributed by atoms with Crippen LogP contribution < -0.4 is 0 Å². The summed E-state index contributed by atoms with van der Waals surface area (Å²) in [4.78, 5) is 13.4. The number of esters is 1. The maximum Gasteiger partial charge on any atom is 0.307 e. The highest BCUT2D eigenvalue weighted by atomic mass is 16.5. The topological polar surface area (TPSA) is 49.8 Å². The number of ether oxygens (including phenoxy) is 1. The quantitative estimate of drug-likeness (QED) is 0.647. The average Bonchev–Trinajstić information content (AvgIpc) is 2.13. The number of carbonyl (C=O) groups excluding carboxylic acids is 1. The summed E-state index contributed by atoms with van der Waals surface area (Å²) < 4.78 is 4.89. The van der Waals surface area contributed by atoms with Crippen LogP contribution in [0.5, 0.6) is 0 Å². The highest BCUT2D eigenvalue weighted by molar-refractivity contribution is 5.70. The lowest BCUT2D eigenvalue weighted by Gasteiger charge is -2.31. The van der Waals surface area contributed by atoms with Gasteiger partial charge >= 0.3 is 5.97 Å². The van der Waals surface area contributed by atoms with Crippen molar-refractivity contribution >= 4 is 5.97 Å². The highest BCUT2D eigenvalue weighted by Crippen LogP contribution is 2.09. The Hall–Kier alpha value is -0.610. The van der Waals surface area contributed by atoms with Gasteiger partial charge in [-0.2, -0.15) is 0 Å². The molecule has 15 heavy (non-hydrogen) atoms. The van der Waals surface area contributed by atoms with E-state index in [2.05, 4.69) is 18.7 Å². The zero-order valence-corrected chi connectivity index (χ0v) is 10.2. The predicted octanol–water partition coefficient (Wildman–Crippen LogP) is 1.03. The molecule has 1 atom stereocenters. The molecule has 90 valence electrons. The molecule has 4 nitrogen and oxygen atoms in total. The first-order chi connectivity index (χ1) is 7.02. The number of nitrogens with zero attached hydrogens (tertiary/aromatic N) is 1. The number of aliphatic hydroxyl groups excluding tert-OH is 1. The normalized spacial score (nSPS) is 13.3. The molecule has 0 aliphatic rings. The molecule has 0 fully saturated rings. The Morgan fingerprint density at radius 1 is 1.40 bits per heavy atom. The Kier molecular flexibility index (Phi) is 7.34. The molecule has 0 aliphatic carbocycles. The van der Waals surface area contributed by atoms with Crippen LogP contribution in [-0.4, -0.2) is 47.8 Å². The van der Waals surface area contributed by atoms with Gasteiger partial charge in [-0.05, 0) is 27.7 Å². The monoisotopic (exact) mass is 217 g/mol. The van der Waals surface area contributed by atoms with Crippen molar-refractivity contribution in [3.63, 3.8) is 0 Å². The van der Waals surface area contributed by atoms with Crippen LogP contribution >= 0.6 is 0 Å². The largest absolute Gasteiger partial charge is 0.466 e. The predicted molar refractivity (Wildman–Crippen MR) is 59.6 cm³/mol. The van der Waals surface area contributed by atoms with Gasteiger partial charge in [0.05, 0.1) is 19.6 Å². The van der Waals surface area contributed by atoms with E-state index in [1.807, 2.05) is 6.92 Å². The second kappa shape index (κ2) is 7.65. The third kappa shape index (κ3) is 5.74. The molecule has 0 saturated carbocycles. The summed E-state index contributed by atoms with van der Waals surface area (Å²) in [7, 11) is 0. The van der Waals surface area contributed by atoms with Crippen LogP contribution in [-0.2, 0) is 9.53 Å². The first-order valence-electron chi connectivity index (χ1n) is 5.55. The lowest BCUT2D eigenvalue weighted by Crippen LogP contribution is -2.41. The van der Waals surface area contributed by atoms with Gasteiger partial charge in [0.2, 0.25) is 0 Å². The first kappa shape index (κ1) is 14.4. The summed E-state index contributed by atoms with van der Waals surface area (Å²) in [5.74, 6) is -0.173. The molecular formula is C11H23NO3. The third-order valence-corrected chi connectivity index (χ3v) is 2.36. The summed E-state index contributed by atoms with van der Waals surface area (Å²) >= 11 is 0. The van der Waals surface area contributed by atoms with Crippen LogP contribution in [0, 0.1) is 0 Å². The van der Waals surface area contributed by atoms with E-state index in [4.69, 9.17) is 9.84 Å². The minimum absolute atomic E-state index is 0.108. The van der Waals surface area contributed by atoms with E-state index in [9.17, 15) is 4.79 Å². The first-order valence-corrected chi connectivity index (χ1v) is 5.55. The van der Waals surface area contributed by atoms with Gasteiger partial charge in [0.1, 0.15) is 0 Å². The van der Waals surface area contributed by atoms with Crippen LogP contribution in [0.25, 0.3) is 0 Å². The molecule has 0 amide bonds.